The monoisotopic (exact) mass is 215 g/mol. The van der Waals surface area contributed by atoms with Crippen molar-refractivity contribution in [2.24, 2.45) is 0 Å². The zero-order valence-corrected chi connectivity index (χ0v) is 8.85. The molecule has 2 aromatic rings. The predicted molar refractivity (Wildman–Crippen MR) is 59.6 cm³/mol. The van der Waals surface area contributed by atoms with Crippen molar-refractivity contribution in [1.82, 2.24) is 25.3 Å². The van der Waals surface area contributed by atoms with Crippen molar-refractivity contribution in [1.29, 1.82) is 0 Å². The van der Waals surface area contributed by atoms with E-state index < -0.39 is 0 Å². The van der Waals surface area contributed by atoms with Gasteiger partial charge in [-0.2, -0.15) is 0 Å². The van der Waals surface area contributed by atoms with Crippen LogP contribution in [0.25, 0.3) is 11.5 Å². The highest BCUT2D eigenvalue weighted by atomic mass is 15.0. The Balaban J connectivity index is 1.84. The average molecular weight is 215 g/mol. The molecule has 1 aliphatic heterocycles. The van der Waals surface area contributed by atoms with Crippen LogP contribution in [-0.2, 0) is 0 Å². The molecule has 5 heteroatoms. The molecule has 0 aliphatic carbocycles. The first kappa shape index (κ1) is 9.47. The van der Waals surface area contributed by atoms with E-state index in [2.05, 4.69) is 25.3 Å². The van der Waals surface area contributed by atoms with Gasteiger partial charge in [-0.25, -0.2) is 9.97 Å². The molecule has 0 unspecified atom stereocenters. The molecule has 1 saturated heterocycles. The van der Waals surface area contributed by atoms with E-state index in [1.807, 2.05) is 6.20 Å². The minimum atomic E-state index is 0.373. The molecule has 0 spiro atoms. The molecule has 82 valence electrons. The van der Waals surface area contributed by atoms with Gasteiger partial charge < -0.3 is 10.3 Å². The molecule has 3 rings (SSSR count). The Morgan fingerprint density at radius 1 is 1.19 bits per heavy atom. The normalized spacial score (nSPS) is 20.1. The van der Waals surface area contributed by atoms with Gasteiger partial charge in [0.15, 0.2) is 5.82 Å². The fourth-order valence-electron chi connectivity index (χ4n) is 1.98. The van der Waals surface area contributed by atoms with Crippen LogP contribution in [0.2, 0.25) is 0 Å². The van der Waals surface area contributed by atoms with E-state index in [1.165, 1.54) is 6.42 Å². The molecule has 1 aliphatic rings. The lowest BCUT2D eigenvalue weighted by atomic mass is 10.2. The Kier molecular flexibility index (Phi) is 2.38. The standard InChI is InChI=1S/C11H13N5/c1-2-8(12-3-1)9-6-16-10(7-15-9)11-13-4-5-14-11/h4-8,12H,1-3H2,(H,13,14)/t8-/m0/s1. The Hall–Kier alpha value is -1.75. The predicted octanol–water partition coefficient (Wildman–Crippen LogP) is 1.29. The van der Waals surface area contributed by atoms with Gasteiger partial charge in [-0.3, -0.25) is 4.98 Å². The topological polar surface area (TPSA) is 66.5 Å². The average Bonchev–Trinajstić information content (AvgIpc) is 3.03. The van der Waals surface area contributed by atoms with Crippen molar-refractivity contribution < 1.29 is 0 Å². The molecule has 0 bridgehead atoms. The molecular weight excluding hydrogens is 202 g/mol. The van der Waals surface area contributed by atoms with Crippen LogP contribution in [-0.4, -0.2) is 26.5 Å². The summed E-state index contributed by atoms with van der Waals surface area (Å²) in [7, 11) is 0. The lowest BCUT2D eigenvalue weighted by molar-refractivity contribution is 0.624. The van der Waals surface area contributed by atoms with E-state index in [4.69, 9.17) is 0 Å². The van der Waals surface area contributed by atoms with E-state index in [0.717, 1.165) is 30.2 Å². The van der Waals surface area contributed by atoms with Crippen LogP contribution in [0.4, 0.5) is 0 Å². The van der Waals surface area contributed by atoms with Gasteiger partial charge in [0.2, 0.25) is 0 Å². The van der Waals surface area contributed by atoms with Crippen LogP contribution in [0.1, 0.15) is 24.6 Å². The second-order valence-corrected chi connectivity index (χ2v) is 3.91. The van der Waals surface area contributed by atoms with Crippen molar-refractivity contribution in [3.63, 3.8) is 0 Å². The summed E-state index contributed by atoms with van der Waals surface area (Å²) in [4.78, 5) is 16.0. The summed E-state index contributed by atoms with van der Waals surface area (Å²) in [5.41, 5.74) is 1.81. The maximum absolute atomic E-state index is 4.43. The summed E-state index contributed by atoms with van der Waals surface area (Å²) in [5.74, 6) is 0.762. The van der Waals surface area contributed by atoms with Crippen LogP contribution < -0.4 is 5.32 Å². The minimum absolute atomic E-state index is 0.373. The lowest BCUT2D eigenvalue weighted by Crippen LogP contribution is -2.14. The number of hydrogen-bond donors (Lipinski definition) is 2. The number of aromatic nitrogens is 4. The highest BCUT2D eigenvalue weighted by Crippen LogP contribution is 2.21. The van der Waals surface area contributed by atoms with Gasteiger partial charge in [0, 0.05) is 12.4 Å². The van der Waals surface area contributed by atoms with Crippen LogP contribution in [0.5, 0.6) is 0 Å². The number of nitrogens with one attached hydrogen (secondary N) is 2. The second kappa shape index (κ2) is 4.02. The number of aromatic amines is 1. The number of rotatable bonds is 2. The summed E-state index contributed by atoms with van der Waals surface area (Å²) in [5, 5.41) is 3.40. The van der Waals surface area contributed by atoms with Crippen molar-refractivity contribution in [2.45, 2.75) is 18.9 Å². The first-order valence-corrected chi connectivity index (χ1v) is 5.48. The van der Waals surface area contributed by atoms with E-state index in [0.29, 0.717) is 6.04 Å². The van der Waals surface area contributed by atoms with Crippen molar-refractivity contribution in [3.8, 4) is 11.5 Å². The summed E-state index contributed by atoms with van der Waals surface area (Å²) in [6.45, 7) is 1.08. The molecule has 5 nitrogen and oxygen atoms in total. The fraction of sp³-hybridized carbons (Fsp3) is 0.364. The van der Waals surface area contributed by atoms with Gasteiger partial charge in [0.1, 0.15) is 5.69 Å². The zero-order chi connectivity index (χ0) is 10.8. The van der Waals surface area contributed by atoms with Crippen LogP contribution in [0.3, 0.4) is 0 Å². The van der Waals surface area contributed by atoms with E-state index in [-0.39, 0.29) is 0 Å². The lowest BCUT2D eigenvalue weighted by Gasteiger charge is -2.08. The molecule has 0 amide bonds. The Morgan fingerprint density at radius 3 is 2.81 bits per heavy atom. The first-order chi connectivity index (χ1) is 7.93. The molecular formula is C11H13N5. The molecule has 16 heavy (non-hydrogen) atoms. The smallest absolute Gasteiger partial charge is 0.157 e. The molecule has 0 radical (unpaired) electrons. The third-order valence-corrected chi connectivity index (χ3v) is 2.83. The van der Waals surface area contributed by atoms with E-state index in [1.54, 1.807) is 18.6 Å². The van der Waals surface area contributed by atoms with Gasteiger partial charge in [0.25, 0.3) is 0 Å². The molecule has 2 N–H and O–H groups in total. The van der Waals surface area contributed by atoms with Crippen molar-refractivity contribution >= 4 is 0 Å². The van der Waals surface area contributed by atoms with Crippen LogP contribution in [0.15, 0.2) is 24.8 Å². The molecule has 0 saturated carbocycles. The quantitative estimate of drug-likeness (QED) is 0.792. The Labute approximate surface area is 93.4 Å². The largest absolute Gasteiger partial charge is 0.343 e. The number of H-pyrrole nitrogens is 1. The number of imidazole rings is 1. The summed E-state index contributed by atoms with van der Waals surface area (Å²) >= 11 is 0. The summed E-state index contributed by atoms with van der Waals surface area (Å²) in [6, 6.07) is 0.373. The van der Waals surface area contributed by atoms with Crippen molar-refractivity contribution in [2.75, 3.05) is 6.54 Å². The fourth-order valence-corrected chi connectivity index (χ4v) is 1.98. The Bertz CT molecular complexity index is 442. The van der Waals surface area contributed by atoms with Crippen molar-refractivity contribution in [3.05, 3.63) is 30.5 Å². The zero-order valence-electron chi connectivity index (χ0n) is 8.85. The second-order valence-electron chi connectivity index (χ2n) is 3.91. The molecule has 0 aromatic carbocycles. The van der Waals surface area contributed by atoms with E-state index in [9.17, 15) is 0 Å². The third-order valence-electron chi connectivity index (χ3n) is 2.83. The maximum atomic E-state index is 4.43. The molecule has 3 heterocycles. The number of hydrogen-bond acceptors (Lipinski definition) is 4. The highest BCUT2D eigenvalue weighted by Gasteiger charge is 2.17. The minimum Gasteiger partial charge on any atom is -0.343 e. The summed E-state index contributed by atoms with van der Waals surface area (Å²) < 4.78 is 0. The number of nitrogens with zero attached hydrogens (tertiary/aromatic N) is 3. The molecule has 2 aromatic heterocycles. The van der Waals surface area contributed by atoms with Gasteiger partial charge in [0.05, 0.1) is 24.1 Å². The van der Waals surface area contributed by atoms with Gasteiger partial charge in [-0.1, -0.05) is 0 Å². The van der Waals surface area contributed by atoms with Crippen LogP contribution >= 0.6 is 0 Å². The van der Waals surface area contributed by atoms with Gasteiger partial charge >= 0.3 is 0 Å². The van der Waals surface area contributed by atoms with Gasteiger partial charge in [-0.05, 0) is 19.4 Å². The Morgan fingerprint density at radius 2 is 2.19 bits per heavy atom. The molecule has 1 fully saturated rings. The summed E-state index contributed by atoms with van der Waals surface area (Å²) in [6.07, 6.45) is 9.46. The van der Waals surface area contributed by atoms with E-state index >= 15 is 0 Å². The maximum Gasteiger partial charge on any atom is 0.157 e. The third kappa shape index (κ3) is 1.69. The first-order valence-electron chi connectivity index (χ1n) is 5.48. The highest BCUT2D eigenvalue weighted by molar-refractivity contribution is 5.46. The van der Waals surface area contributed by atoms with Gasteiger partial charge in [-0.15, -0.1) is 0 Å². The van der Waals surface area contributed by atoms with Crippen LogP contribution in [0, 0.1) is 0 Å². The SMILES string of the molecule is c1c[nH]c(-c2cnc([C@@H]3CCCN3)cn2)n1. The molecule has 1 atom stereocenters.